The van der Waals surface area contributed by atoms with Gasteiger partial charge < -0.3 is 10.0 Å². The number of likely N-dealkylation sites (tertiary alicyclic amines) is 1. The van der Waals surface area contributed by atoms with E-state index in [0.717, 1.165) is 22.9 Å². The second kappa shape index (κ2) is 7.24. The number of hydrogen-bond acceptors (Lipinski definition) is 3. The summed E-state index contributed by atoms with van der Waals surface area (Å²) in [5, 5.41) is 12.1. The fourth-order valence-electron chi connectivity index (χ4n) is 3.71. The molecule has 4 rings (SSSR count). The number of phenolic OH excluding ortho intramolecular Hbond substituents is 1. The fraction of sp³-hybridized carbons (Fsp3) is 0.182. The molecule has 2 aromatic carbocycles. The lowest BCUT2D eigenvalue weighted by molar-refractivity contribution is -0.125. The number of hydrogen-bond donors (Lipinski definition) is 1. The molecule has 28 heavy (non-hydrogen) atoms. The van der Waals surface area contributed by atoms with Crippen LogP contribution in [0.1, 0.15) is 18.0 Å². The van der Waals surface area contributed by atoms with Crippen molar-refractivity contribution < 1.29 is 14.3 Å². The Labute approximate surface area is 166 Å². The van der Waals surface area contributed by atoms with Crippen molar-refractivity contribution in [3.05, 3.63) is 71.8 Å². The van der Waals surface area contributed by atoms with Gasteiger partial charge in [-0.25, -0.2) is 4.39 Å². The molecular formula is C22H18ClFN2O2. The molecule has 0 saturated carbocycles. The van der Waals surface area contributed by atoms with Crippen LogP contribution in [0.5, 0.6) is 5.75 Å². The minimum absolute atomic E-state index is 0.0688. The van der Waals surface area contributed by atoms with Crippen molar-refractivity contribution in [1.29, 1.82) is 0 Å². The molecule has 0 aliphatic carbocycles. The molecule has 1 N–H and O–H groups in total. The molecule has 1 amide bonds. The van der Waals surface area contributed by atoms with Crippen molar-refractivity contribution in [2.24, 2.45) is 0 Å². The molecule has 0 radical (unpaired) electrons. The van der Waals surface area contributed by atoms with E-state index in [1.807, 2.05) is 6.07 Å². The third-order valence-corrected chi connectivity index (χ3v) is 5.50. The lowest BCUT2D eigenvalue weighted by Gasteiger charge is -2.15. The number of carbonyl (C=O) groups is 1. The van der Waals surface area contributed by atoms with Crippen molar-refractivity contribution in [1.82, 2.24) is 9.88 Å². The lowest BCUT2D eigenvalue weighted by atomic mass is 9.98. The molecule has 4 nitrogen and oxygen atoms in total. The second-order valence-electron chi connectivity index (χ2n) is 6.90. The van der Waals surface area contributed by atoms with Crippen LogP contribution < -0.4 is 0 Å². The Hall–Kier alpha value is -2.92. The first-order valence-electron chi connectivity index (χ1n) is 8.96. The predicted octanol–water partition coefficient (Wildman–Crippen LogP) is 4.90. The second-order valence-corrected chi connectivity index (χ2v) is 7.30. The Morgan fingerprint density at radius 2 is 2.14 bits per heavy atom. The minimum atomic E-state index is -0.538. The Morgan fingerprint density at radius 3 is 2.89 bits per heavy atom. The van der Waals surface area contributed by atoms with Crippen molar-refractivity contribution in [3.63, 3.8) is 0 Å². The van der Waals surface area contributed by atoms with Gasteiger partial charge in [-0.1, -0.05) is 24.2 Å². The molecule has 1 fully saturated rings. The molecule has 1 aromatic heterocycles. The lowest BCUT2D eigenvalue weighted by Crippen LogP contribution is -2.26. The molecule has 142 valence electrons. The van der Waals surface area contributed by atoms with Crippen LogP contribution in [0.4, 0.5) is 4.39 Å². The van der Waals surface area contributed by atoms with E-state index in [4.69, 9.17) is 11.6 Å². The average molecular weight is 397 g/mol. The van der Waals surface area contributed by atoms with E-state index in [0.29, 0.717) is 23.7 Å². The average Bonchev–Trinajstić information content (AvgIpc) is 3.17. The summed E-state index contributed by atoms with van der Waals surface area (Å²) in [4.78, 5) is 18.1. The van der Waals surface area contributed by atoms with Crippen LogP contribution in [-0.4, -0.2) is 34.0 Å². The first-order valence-corrected chi connectivity index (χ1v) is 9.34. The smallest absolute Gasteiger partial charge is 0.245 e. The number of pyridine rings is 1. The molecule has 0 spiro atoms. The van der Waals surface area contributed by atoms with Gasteiger partial charge in [0.25, 0.3) is 0 Å². The molecule has 3 aromatic rings. The Morgan fingerprint density at radius 1 is 1.32 bits per heavy atom. The largest absolute Gasteiger partial charge is 0.507 e. The van der Waals surface area contributed by atoms with Crippen LogP contribution in [0.15, 0.2) is 55.3 Å². The zero-order chi connectivity index (χ0) is 19.8. The molecular weight excluding hydrogens is 379 g/mol. The normalized spacial score (nSPS) is 16.5. The summed E-state index contributed by atoms with van der Waals surface area (Å²) < 4.78 is 14.2. The fourth-order valence-corrected chi connectivity index (χ4v) is 3.97. The maximum absolute atomic E-state index is 14.2. The third kappa shape index (κ3) is 3.22. The highest BCUT2D eigenvalue weighted by atomic mass is 35.5. The maximum atomic E-state index is 14.2. The van der Waals surface area contributed by atoms with Gasteiger partial charge >= 0.3 is 0 Å². The summed E-state index contributed by atoms with van der Waals surface area (Å²) in [5.41, 5.74) is 1.39. The SMILES string of the molecule is C=CC(=O)N1CCC(c2cc3cc(Cl)c(-c4c(O)cccc4F)cc3cn2)C1. The standard InChI is InChI=1S/C22H18ClFN2O2/c1-2-21(28)26-7-6-13(12-26)19-10-14-9-17(23)16(8-15(14)11-25-19)22-18(24)4-3-5-20(22)27/h2-5,8-11,13,27H,1,6-7,12H2. The highest BCUT2D eigenvalue weighted by Gasteiger charge is 2.27. The van der Waals surface area contributed by atoms with E-state index in [2.05, 4.69) is 11.6 Å². The van der Waals surface area contributed by atoms with Gasteiger partial charge in [0.2, 0.25) is 5.91 Å². The minimum Gasteiger partial charge on any atom is -0.507 e. The van der Waals surface area contributed by atoms with Gasteiger partial charge in [-0.3, -0.25) is 9.78 Å². The first kappa shape index (κ1) is 18.4. The summed E-state index contributed by atoms with van der Waals surface area (Å²) >= 11 is 6.42. The number of nitrogens with zero attached hydrogens (tertiary/aromatic N) is 2. The van der Waals surface area contributed by atoms with Crippen molar-refractivity contribution in [2.75, 3.05) is 13.1 Å². The molecule has 1 saturated heterocycles. The van der Waals surface area contributed by atoms with Gasteiger partial charge in [0.1, 0.15) is 11.6 Å². The highest BCUT2D eigenvalue weighted by molar-refractivity contribution is 6.34. The molecule has 1 unspecified atom stereocenters. The van der Waals surface area contributed by atoms with E-state index in [9.17, 15) is 14.3 Å². The van der Waals surface area contributed by atoms with Crippen LogP contribution in [0.25, 0.3) is 21.9 Å². The zero-order valence-electron chi connectivity index (χ0n) is 15.0. The number of rotatable bonds is 3. The van der Waals surface area contributed by atoms with Crippen molar-refractivity contribution in [2.45, 2.75) is 12.3 Å². The van der Waals surface area contributed by atoms with Gasteiger partial charge in [-0.15, -0.1) is 0 Å². The highest BCUT2D eigenvalue weighted by Crippen LogP contribution is 2.39. The quantitative estimate of drug-likeness (QED) is 0.640. The van der Waals surface area contributed by atoms with E-state index < -0.39 is 5.82 Å². The first-order chi connectivity index (χ1) is 13.5. The van der Waals surface area contributed by atoms with Crippen LogP contribution >= 0.6 is 11.6 Å². The number of carbonyl (C=O) groups excluding carboxylic acids is 1. The van der Waals surface area contributed by atoms with Crippen LogP contribution in [0, 0.1) is 5.82 Å². The molecule has 2 heterocycles. The number of aromatic hydroxyl groups is 1. The van der Waals surface area contributed by atoms with E-state index in [1.165, 1.54) is 24.3 Å². The van der Waals surface area contributed by atoms with Gasteiger partial charge in [-0.05, 0) is 48.2 Å². The van der Waals surface area contributed by atoms with E-state index in [-0.39, 0.29) is 23.1 Å². The van der Waals surface area contributed by atoms with Crippen LogP contribution in [0.2, 0.25) is 5.02 Å². The molecule has 1 aliphatic rings. The van der Waals surface area contributed by atoms with E-state index in [1.54, 1.807) is 23.2 Å². The summed E-state index contributed by atoms with van der Waals surface area (Å²) in [6.45, 7) is 4.82. The predicted molar refractivity (Wildman–Crippen MR) is 108 cm³/mol. The topological polar surface area (TPSA) is 53.4 Å². The Balaban J connectivity index is 1.71. The summed E-state index contributed by atoms with van der Waals surface area (Å²) in [6, 6.07) is 9.60. The number of amides is 1. The zero-order valence-corrected chi connectivity index (χ0v) is 15.8. The summed E-state index contributed by atoms with van der Waals surface area (Å²) in [6.07, 6.45) is 3.89. The van der Waals surface area contributed by atoms with Gasteiger partial charge in [0, 0.05) is 46.9 Å². The van der Waals surface area contributed by atoms with E-state index >= 15 is 0 Å². The van der Waals surface area contributed by atoms with Crippen LogP contribution in [-0.2, 0) is 4.79 Å². The summed E-state index contributed by atoms with van der Waals surface area (Å²) in [5.74, 6) is -0.615. The maximum Gasteiger partial charge on any atom is 0.245 e. The Bertz CT molecular complexity index is 1080. The van der Waals surface area contributed by atoms with Gasteiger partial charge in [0.15, 0.2) is 0 Å². The molecule has 1 aliphatic heterocycles. The summed E-state index contributed by atoms with van der Waals surface area (Å²) in [7, 11) is 0. The van der Waals surface area contributed by atoms with Crippen molar-refractivity contribution in [3.8, 4) is 16.9 Å². The number of phenols is 1. The number of benzene rings is 2. The molecule has 1 atom stereocenters. The molecule has 6 heteroatoms. The van der Waals surface area contributed by atoms with Gasteiger partial charge in [-0.2, -0.15) is 0 Å². The number of fused-ring (bicyclic) bond motifs is 1. The van der Waals surface area contributed by atoms with Gasteiger partial charge in [0.05, 0.1) is 5.56 Å². The molecule has 0 bridgehead atoms. The number of aromatic nitrogens is 1. The third-order valence-electron chi connectivity index (χ3n) is 5.18. The van der Waals surface area contributed by atoms with Crippen molar-refractivity contribution >= 4 is 28.3 Å². The van der Waals surface area contributed by atoms with Crippen LogP contribution in [0.3, 0.4) is 0 Å². The monoisotopic (exact) mass is 396 g/mol. The Kier molecular flexibility index (Phi) is 4.77. The number of halogens is 2.